The lowest BCUT2D eigenvalue weighted by Crippen LogP contribution is -2.55. The summed E-state index contributed by atoms with van der Waals surface area (Å²) in [7, 11) is -3.87. The topological polar surface area (TPSA) is 86.8 Å². The van der Waals surface area contributed by atoms with E-state index in [1.54, 1.807) is 26.0 Å². The molecular weight excluding hydrogens is 493 g/mol. The molecule has 10 heteroatoms. The van der Waals surface area contributed by atoms with Crippen LogP contribution in [0, 0.1) is 12.7 Å². The Hall–Kier alpha value is -2.65. The molecule has 192 valence electrons. The normalized spacial score (nSPS) is 12.7. The molecule has 1 atom stereocenters. The molecule has 2 amide bonds. The molecule has 0 aliphatic rings. The number of rotatable bonds is 9. The van der Waals surface area contributed by atoms with Crippen LogP contribution in [0.25, 0.3) is 0 Å². The van der Waals surface area contributed by atoms with E-state index in [2.05, 4.69) is 5.32 Å². The molecule has 0 radical (unpaired) electrons. The van der Waals surface area contributed by atoms with Crippen molar-refractivity contribution in [1.29, 1.82) is 0 Å². The molecule has 0 aliphatic carbocycles. The van der Waals surface area contributed by atoms with Gasteiger partial charge >= 0.3 is 0 Å². The maximum absolute atomic E-state index is 13.6. The van der Waals surface area contributed by atoms with Crippen molar-refractivity contribution in [3.8, 4) is 0 Å². The van der Waals surface area contributed by atoms with Crippen LogP contribution in [0.1, 0.15) is 45.2 Å². The maximum Gasteiger partial charge on any atom is 0.244 e. The van der Waals surface area contributed by atoms with Gasteiger partial charge in [0.2, 0.25) is 21.8 Å². The number of carbonyl (C=O) groups is 2. The summed E-state index contributed by atoms with van der Waals surface area (Å²) in [6.07, 6.45) is 1.30. The number of nitrogens with zero attached hydrogens (tertiary/aromatic N) is 2. The second-order valence-corrected chi connectivity index (χ2v) is 11.9. The van der Waals surface area contributed by atoms with Crippen molar-refractivity contribution in [2.75, 3.05) is 17.1 Å². The Bertz CT molecular complexity index is 1160. The van der Waals surface area contributed by atoms with E-state index in [-0.39, 0.29) is 18.1 Å². The highest BCUT2D eigenvalue weighted by atomic mass is 35.5. The van der Waals surface area contributed by atoms with E-state index in [0.717, 1.165) is 10.6 Å². The van der Waals surface area contributed by atoms with Gasteiger partial charge in [-0.3, -0.25) is 13.9 Å². The molecule has 0 bridgehead atoms. The summed E-state index contributed by atoms with van der Waals surface area (Å²) in [6, 6.07) is 9.51. The van der Waals surface area contributed by atoms with Crippen LogP contribution < -0.4 is 9.62 Å². The van der Waals surface area contributed by atoms with Crippen LogP contribution in [-0.2, 0) is 26.2 Å². The number of amides is 2. The molecule has 0 fully saturated rings. The van der Waals surface area contributed by atoms with Crippen molar-refractivity contribution >= 4 is 39.1 Å². The Morgan fingerprint density at radius 3 is 2.23 bits per heavy atom. The molecule has 2 aromatic carbocycles. The van der Waals surface area contributed by atoms with Gasteiger partial charge in [0, 0.05) is 17.1 Å². The van der Waals surface area contributed by atoms with Crippen molar-refractivity contribution in [3.63, 3.8) is 0 Å². The van der Waals surface area contributed by atoms with E-state index in [1.807, 2.05) is 20.8 Å². The van der Waals surface area contributed by atoms with E-state index in [0.29, 0.717) is 22.6 Å². The minimum Gasteiger partial charge on any atom is -0.350 e. The van der Waals surface area contributed by atoms with Crippen molar-refractivity contribution in [3.05, 3.63) is 64.4 Å². The molecule has 0 saturated heterocycles. The monoisotopic (exact) mass is 525 g/mol. The zero-order chi connectivity index (χ0) is 26.6. The van der Waals surface area contributed by atoms with Crippen LogP contribution in [-0.4, -0.2) is 49.5 Å². The number of hydrogen-bond donors (Lipinski definition) is 1. The molecule has 7 nitrogen and oxygen atoms in total. The molecular formula is C25H33ClFN3O4S. The molecule has 0 unspecified atom stereocenters. The zero-order valence-electron chi connectivity index (χ0n) is 20.9. The van der Waals surface area contributed by atoms with Gasteiger partial charge in [-0.15, -0.1) is 0 Å². The largest absolute Gasteiger partial charge is 0.350 e. The summed E-state index contributed by atoms with van der Waals surface area (Å²) in [4.78, 5) is 28.1. The fourth-order valence-corrected chi connectivity index (χ4v) is 4.67. The highest BCUT2D eigenvalue weighted by molar-refractivity contribution is 7.92. The minimum atomic E-state index is -3.87. The summed E-state index contributed by atoms with van der Waals surface area (Å²) in [5.74, 6) is -1.36. The lowest BCUT2D eigenvalue weighted by atomic mass is 10.1. The van der Waals surface area contributed by atoms with Crippen molar-refractivity contribution in [2.24, 2.45) is 0 Å². The molecule has 0 heterocycles. The van der Waals surface area contributed by atoms with E-state index in [4.69, 9.17) is 11.6 Å². The first-order chi connectivity index (χ1) is 16.1. The number of sulfonamides is 1. The number of nitrogens with one attached hydrogen (secondary N) is 1. The van der Waals surface area contributed by atoms with Gasteiger partial charge in [-0.1, -0.05) is 36.7 Å². The van der Waals surface area contributed by atoms with Gasteiger partial charge in [0.05, 0.1) is 11.9 Å². The van der Waals surface area contributed by atoms with Gasteiger partial charge in [-0.25, -0.2) is 12.8 Å². The molecule has 1 N–H and O–H groups in total. The molecule has 0 aliphatic heterocycles. The van der Waals surface area contributed by atoms with Crippen molar-refractivity contribution in [2.45, 2.75) is 59.2 Å². The standard InChI is InChI=1S/C25H33ClFN3O4S/c1-7-21(24(32)28-25(3,4)5)29(15-18-9-12-20(27)13-10-18)23(31)16-30(35(6,33)34)22-14-19(26)11-8-17(22)2/h8-14,21H,7,15-16H2,1-6H3,(H,28,32)/t21-/m0/s1. The molecule has 0 saturated carbocycles. The number of aryl methyl sites for hydroxylation is 1. The maximum atomic E-state index is 13.6. The second kappa shape index (κ2) is 11.4. The summed E-state index contributed by atoms with van der Waals surface area (Å²) in [5.41, 5.74) is 0.968. The Morgan fingerprint density at radius 1 is 1.11 bits per heavy atom. The number of carbonyl (C=O) groups excluding carboxylic acids is 2. The first-order valence-electron chi connectivity index (χ1n) is 11.2. The van der Waals surface area contributed by atoms with E-state index >= 15 is 0 Å². The molecule has 35 heavy (non-hydrogen) atoms. The van der Waals surface area contributed by atoms with E-state index in [1.165, 1.54) is 35.2 Å². The third-order valence-corrected chi connectivity index (χ3v) is 6.63. The van der Waals surface area contributed by atoms with Crippen LogP contribution in [0.15, 0.2) is 42.5 Å². The van der Waals surface area contributed by atoms with Gasteiger partial charge in [-0.05, 0) is 69.5 Å². The van der Waals surface area contributed by atoms with Crippen molar-refractivity contribution in [1.82, 2.24) is 10.2 Å². The summed E-state index contributed by atoms with van der Waals surface area (Å²) >= 11 is 6.11. The lowest BCUT2D eigenvalue weighted by Gasteiger charge is -2.34. The molecule has 2 aromatic rings. The highest BCUT2D eigenvalue weighted by Gasteiger charge is 2.33. The predicted octanol–water partition coefficient (Wildman–Crippen LogP) is 4.28. The van der Waals surface area contributed by atoms with E-state index < -0.39 is 39.9 Å². The second-order valence-electron chi connectivity index (χ2n) is 9.51. The van der Waals surface area contributed by atoms with Crippen LogP contribution in [0.3, 0.4) is 0 Å². The minimum absolute atomic E-state index is 0.00130. The number of anilines is 1. The quantitative estimate of drug-likeness (QED) is 0.529. The number of hydrogen-bond acceptors (Lipinski definition) is 4. The van der Waals surface area contributed by atoms with Gasteiger partial charge in [0.25, 0.3) is 0 Å². The predicted molar refractivity (Wildman–Crippen MR) is 137 cm³/mol. The van der Waals surface area contributed by atoms with Gasteiger partial charge in [0.15, 0.2) is 0 Å². The first kappa shape index (κ1) is 28.6. The highest BCUT2D eigenvalue weighted by Crippen LogP contribution is 2.27. The molecule has 0 aromatic heterocycles. The number of halogens is 2. The van der Waals surface area contributed by atoms with Gasteiger partial charge < -0.3 is 10.2 Å². The molecule has 0 spiro atoms. The number of benzene rings is 2. The smallest absolute Gasteiger partial charge is 0.244 e. The molecule has 2 rings (SSSR count). The fraction of sp³-hybridized carbons (Fsp3) is 0.440. The van der Waals surface area contributed by atoms with Crippen LogP contribution in [0.4, 0.5) is 10.1 Å². The van der Waals surface area contributed by atoms with Gasteiger partial charge in [-0.2, -0.15) is 0 Å². The summed E-state index contributed by atoms with van der Waals surface area (Å²) in [6.45, 7) is 8.45. The van der Waals surface area contributed by atoms with Crippen LogP contribution in [0.2, 0.25) is 5.02 Å². The summed E-state index contributed by atoms with van der Waals surface area (Å²) < 4.78 is 39.8. The Balaban J connectivity index is 2.49. The first-order valence-corrected chi connectivity index (χ1v) is 13.4. The van der Waals surface area contributed by atoms with Crippen molar-refractivity contribution < 1.29 is 22.4 Å². The van der Waals surface area contributed by atoms with Crippen LogP contribution in [0.5, 0.6) is 0 Å². The van der Waals surface area contributed by atoms with Crippen LogP contribution >= 0.6 is 11.6 Å². The van der Waals surface area contributed by atoms with E-state index in [9.17, 15) is 22.4 Å². The third kappa shape index (κ3) is 8.21. The SMILES string of the molecule is CC[C@@H](C(=O)NC(C)(C)C)N(Cc1ccc(F)cc1)C(=O)CN(c1cc(Cl)ccc1C)S(C)(=O)=O. The van der Waals surface area contributed by atoms with Gasteiger partial charge in [0.1, 0.15) is 18.4 Å². The fourth-order valence-electron chi connectivity index (χ4n) is 3.60. The Labute approximate surface area is 212 Å². The average molecular weight is 526 g/mol. The lowest BCUT2D eigenvalue weighted by molar-refractivity contribution is -0.141. The average Bonchev–Trinajstić information content (AvgIpc) is 2.73. The zero-order valence-corrected chi connectivity index (χ0v) is 22.5. The third-order valence-electron chi connectivity index (χ3n) is 5.27. The Morgan fingerprint density at radius 2 is 1.71 bits per heavy atom. The Kier molecular flexibility index (Phi) is 9.30. The summed E-state index contributed by atoms with van der Waals surface area (Å²) in [5, 5.41) is 3.21.